The molecule has 1 rings (SSSR count). The van der Waals surface area contributed by atoms with E-state index in [0.717, 1.165) is 6.07 Å². The third kappa shape index (κ3) is 4.76. The summed E-state index contributed by atoms with van der Waals surface area (Å²) < 4.78 is 50.4. The predicted octanol–water partition coefficient (Wildman–Crippen LogP) is 3.76. The Kier molecular flexibility index (Phi) is 4.07. The topological polar surface area (TPSA) is 41.1 Å². The molecule has 2 N–H and O–H groups in total. The van der Waals surface area contributed by atoms with Crippen molar-refractivity contribution in [3.8, 4) is 0 Å². The standard InChI is InChI=1S/C12H14F4N2O/c1-11(2,3)18-10(19)17-7-4-5-9(13)8(6-7)12(14,15)16/h4-6H,1-3H3,(H2,17,18,19). The number of nitrogens with one attached hydrogen (secondary N) is 2. The van der Waals surface area contributed by atoms with Crippen molar-refractivity contribution in [2.24, 2.45) is 0 Å². The van der Waals surface area contributed by atoms with Gasteiger partial charge >= 0.3 is 12.2 Å². The predicted molar refractivity (Wildman–Crippen MR) is 63.3 cm³/mol. The molecular formula is C12H14F4N2O. The molecule has 1 aromatic carbocycles. The first-order valence-electron chi connectivity index (χ1n) is 5.45. The Balaban J connectivity index is 2.89. The van der Waals surface area contributed by atoms with Gasteiger partial charge in [0.05, 0.1) is 5.56 Å². The number of benzene rings is 1. The van der Waals surface area contributed by atoms with Crippen molar-refractivity contribution in [3.63, 3.8) is 0 Å². The molecule has 0 aromatic heterocycles. The van der Waals surface area contributed by atoms with Crippen molar-refractivity contribution in [2.45, 2.75) is 32.5 Å². The molecule has 3 nitrogen and oxygen atoms in total. The van der Waals surface area contributed by atoms with Crippen LogP contribution in [0, 0.1) is 5.82 Å². The van der Waals surface area contributed by atoms with Crippen molar-refractivity contribution in [2.75, 3.05) is 5.32 Å². The highest BCUT2D eigenvalue weighted by Crippen LogP contribution is 2.32. The average Bonchev–Trinajstić information content (AvgIpc) is 2.16. The summed E-state index contributed by atoms with van der Waals surface area (Å²) in [6.07, 6.45) is -4.80. The number of halogens is 4. The van der Waals surface area contributed by atoms with Crippen LogP contribution in [0.5, 0.6) is 0 Å². The third-order valence-corrected chi connectivity index (χ3v) is 2.02. The van der Waals surface area contributed by atoms with E-state index < -0.39 is 29.1 Å². The van der Waals surface area contributed by atoms with Crippen molar-refractivity contribution in [1.82, 2.24) is 5.32 Å². The van der Waals surface area contributed by atoms with Crippen LogP contribution in [0.2, 0.25) is 0 Å². The second-order valence-corrected chi connectivity index (χ2v) is 5.02. The Morgan fingerprint density at radius 3 is 2.21 bits per heavy atom. The van der Waals surface area contributed by atoms with Crippen molar-refractivity contribution in [1.29, 1.82) is 0 Å². The fourth-order valence-electron chi connectivity index (χ4n) is 1.32. The van der Waals surface area contributed by atoms with Crippen LogP contribution in [-0.4, -0.2) is 11.6 Å². The van der Waals surface area contributed by atoms with Crippen LogP contribution in [-0.2, 0) is 6.18 Å². The van der Waals surface area contributed by atoms with Gasteiger partial charge in [-0.05, 0) is 39.0 Å². The Morgan fingerprint density at radius 2 is 1.74 bits per heavy atom. The molecule has 106 valence electrons. The first-order chi connectivity index (χ1) is 8.49. The second kappa shape index (κ2) is 5.07. The fraction of sp³-hybridized carbons (Fsp3) is 0.417. The Bertz CT molecular complexity index is 478. The van der Waals surface area contributed by atoms with Gasteiger partial charge in [-0.25, -0.2) is 9.18 Å². The number of carbonyl (C=O) groups is 1. The van der Waals surface area contributed by atoms with Crippen LogP contribution >= 0.6 is 0 Å². The number of rotatable bonds is 1. The minimum atomic E-state index is -4.80. The second-order valence-electron chi connectivity index (χ2n) is 5.02. The van der Waals surface area contributed by atoms with Gasteiger partial charge in [-0.1, -0.05) is 0 Å². The summed E-state index contributed by atoms with van der Waals surface area (Å²) in [6.45, 7) is 5.16. The summed E-state index contributed by atoms with van der Waals surface area (Å²) in [5, 5.41) is 4.74. The van der Waals surface area contributed by atoms with Crippen LogP contribution in [0.3, 0.4) is 0 Å². The van der Waals surface area contributed by atoms with Crippen molar-refractivity contribution < 1.29 is 22.4 Å². The van der Waals surface area contributed by atoms with Crippen LogP contribution in [0.15, 0.2) is 18.2 Å². The molecule has 0 spiro atoms. The maximum absolute atomic E-state index is 13.0. The lowest BCUT2D eigenvalue weighted by atomic mass is 10.1. The zero-order valence-corrected chi connectivity index (χ0v) is 10.7. The van der Waals surface area contributed by atoms with Gasteiger partial charge in [0.15, 0.2) is 0 Å². The number of urea groups is 1. The Morgan fingerprint density at radius 1 is 1.16 bits per heavy atom. The molecule has 0 aliphatic carbocycles. The van der Waals surface area contributed by atoms with E-state index in [0.29, 0.717) is 12.1 Å². The average molecular weight is 278 g/mol. The molecule has 0 saturated heterocycles. The van der Waals surface area contributed by atoms with Crippen molar-refractivity contribution in [3.05, 3.63) is 29.6 Å². The summed E-state index contributed by atoms with van der Waals surface area (Å²) >= 11 is 0. The third-order valence-electron chi connectivity index (χ3n) is 2.02. The SMILES string of the molecule is CC(C)(C)NC(=O)Nc1ccc(F)c(C(F)(F)F)c1. The van der Waals surface area contributed by atoms with Crippen molar-refractivity contribution >= 4 is 11.7 Å². The number of alkyl halides is 3. The zero-order chi connectivity index (χ0) is 14.8. The molecule has 0 unspecified atom stereocenters. The molecule has 0 radical (unpaired) electrons. The lowest BCUT2D eigenvalue weighted by Crippen LogP contribution is -2.43. The van der Waals surface area contributed by atoms with Crippen LogP contribution < -0.4 is 10.6 Å². The number of anilines is 1. The van der Waals surface area contributed by atoms with Gasteiger partial charge in [-0.2, -0.15) is 13.2 Å². The molecule has 0 saturated carbocycles. The van der Waals surface area contributed by atoms with E-state index in [2.05, 4.69) is 10.6 Å². The van der Waals surface area contributed by atoms with Crippen LogP contribution in [0.25, 0.3) is 0 Å². The Hall–Kier alpha value is -1.79. The number of carbonyl (C=O) groups excluding carboxylic acids is 1. The first-order valence-corrected chi connectivity index (χ1v) is 5.45. The fourth-order valence-corrected chi connectivity index (χ4v) is 1.32. The molecule has 7 heteroatoms. The van der Waals surface area contributed by atoms with E-state index in [1.165, 1.54) is 0 Å². The van der Waals surface area contributed by atoms with E-state index in [4.69, 9.17) is 0 Å². The highest BCUT2D eigenvalue weighted by Gasteiger charge is 2.34. The van der Waals surface area contributed by atoms with E-state index in [9.17, 15) is 22.4 Å². The van der Waals surface area contributed by atoms with E-state index >= 15 is 0 Å². The molecule has 0 aliphatic rings. The molecule has 0 aliphatic heterocycles. The van der Waals surface area contributed by atoms with E-state index in [-0.39, 0.29) is 5.69 Å². The summed E-state index contributed by atoms with van der Waals surface area (Å²) in [4.78, 5) is 11.5. The zero-order valence-electron chi connectivity index (χ0n) is 10.7. The minimum absolute atomic E-state index is 0.129. The molecule has 1 aromatic rings. The molecule has 2 amide bonds. The molecular weight excluding hydrogens is 264 g/mol. The number of hydrogen-bond acceptors (Lipinski definition) is 1. The largest absolute Gasteiger partial charge is 0.419 e. The van der Waals surface area contributed by atoms with Gasteiger partial charge in [0.25, 0.3) is 0 Å². The molecule has 19 heavy (non-hydrogen) atoms. The van der Waals surface area contributed by atoms with Gasteiger partial charge in [0, 0.05) is 11.2 Å². The van der Waals surface area contributed by atoms with Gasteiger partial charge in [0.1, 0.15) is 5.82 Å². The molecule has 0 heterocycles. The maximum atomic E-state index is 13.0. The van der Waals surface area contributed by atoms with Gasteiger partial charge in [-0.15, -0.1) is 0 Å². The molecule has 0 atom stereocenters. The van der Waals surface area contributed by atoms with E-state index in [1.807, 2.05) is 0 Å². The lowest BCUT2D eigenvalue weighted by molar-refractivity contribution is -0.139. The van der Waals surface area contributed by atoms with Crippen LogP contribution in [0.1, 0.15) is 26.3 Å². The first kappa shape index (κ1) is 15.3. The maximum Gasteiger partial charge on any atom is 0.419 e. The lowest BCUT2D eigenvalue weighted by Gasteiger charge is -2.21. The van der Waals surface area contributed by atoms with Gasteiger partial charge in [0.2, 0.25) is 0 Å². The van der Waals surface area contributed by atoms with Gasteiger partial charge < -0.3 is 10.6 Å². The Labute approximate surface area is 108 Å². The smallest absolute Gasteiger partial charge is 0.333 e. The molecule has 0 fully saturated rings. The minimum Gasteiger partial charge on any atom is -0.333 e. The highest BCUT2D eigenvalue weighted by atomic mass is 19.4. The van der Waals surface area contributed by atoms with Crippen LogP contribution in [0.4, 0.5) is 28.0 Å². The highest BCUT2D eigenvalue weighted by molar-refractivity contribution is 5.89. The quantitative estimate of drug-likeness (QED) is 0.754. The summed E-state index contributed by atoms with van der Waals surface area (Å²) in [5.41, 5.74) is -2.08. The number of amides is 2. The summed E-state index contributed by atoms with van der Waals surface area (Å²) in [6, 6.07) is 1.62. The monoisotopic (exact) mass is 278 g/mol. The normalized spacial score (nSPS) is 12.2. The van der Waals surface area contributed by atoms with E-state index in [1.54, 1.807) is 20.8 Å². The summed E-state index contributed by atoms with van der Waals surface area (Å²) in [5.74, 6) is -1.38. The number of hydrogen-bond donors (Lipinski definition) is 2. The summed E-state index contributed by atoms with van der Waals surface area (Å²) in [7, 11) is 0. The molecule has 0 bridgehead atoms. The van der Waals surface area contributed by atoms with Gasteiger partial charge in [-0.3, -0.25) is 0 Å².